The van der Waals surface area contributed by atoms with Gasteiger partial charge in [-0.1, -0.05) is 0 Å². The van der Waals surface area contributed by atoms with Crippen LogP contribution in [0.5, 0.6) is 0 Å². The minimum atomic E-state index is -1.75. The fourth-order valence-corrected chi connectivity index (χ4v) is 1.62. The van der Waals surface area contributed by atoms with E-state index in [1.54, 1.807) is 0 Å². The van der Waals surface area contributed by atoms with E-state index in [0.717, 1.165) is 0 Å². The van der Waals surface area contributed by atoms with Crippen LogP contribution in [0.3, 0.4) is 0 Å². The minimum Gasteiger partial charge on any atom is -0.394 e. The van der Waals surface area contributed by atoms with Crippen LogP contribution in [-0.2, 0) is 4.74 Å². The van der Waals surface area contributed by atoms with E-state index in [0.29, 0.717) is 0 Å². The highest BCUT2D eigenvalue weighted by atomic mass is 16.6. The molecule has 1 radical (unpaired) electrons. The molecule has 0 bridgehead atoms. The Morgan fingerprint density at radius 1 is 1.12 bits per heavy atom. The molecule has 1 fully saturated rings. The van der Waals surface area contributed by atoms with Crippen molar-refractivity contribution < 1.29 is 40.5 Å². The zero-order chi connectivity index (χ0) is 13.2. The Balaban J connectivity index is 2.67. The van der Waals surface area contributed by atoms with Crippen LogP contribution in [0.1, 0.15) is 0 Å². The Morgan fingerprint density at radius 3 is 2.12 bits per heavy atom. The van der Waals surface area contributed by atoms with Crippen LogP contribution in [0.15, 0.2) is 0 Å². The molecule has 0 spiro atoms. The van der Waals surface area contributed by atoms with Crippen molar-refractivity contribution in [2.24, 2.45) is 0 Å². The summed E-state index contributed by atoms with van der Waals surface area (Å²) < 4.78 is 4.88. The average molecular weight is 253 g/mol. The van der Waals surface area contributed by atoms with E-state index in [1.807, 2.05) is 0 Å². The van der Waals surface area contributed by atoms with Gasteiger partial charge in [-0.25, -0.2) is 0 Å². The Labute approximate surface area is 97.3 Å². The van der Waals surface area contributed by atoms with Crippen molar-refractivity contribution in [3.63, 3.8) is 0 Å². The van der Waals surface area contributed by atoms with E-state index in [1.165, 1.54) is 0 Å². The van der Waals surface area contributed by atoms with Crippen LogP contribution in [0, 0.1) is 6.10 Å². The summed E-state index contributed by atoms with van der Waals surface area (Å²) in [7, 11) is 0. The molecule has 101 valence electrons. The molecule has 1 rings (SSSR count). The van der Waals surface area contributed by atoms with Gasteiger partial charge in [0.25, 0.3) is 0 Å². The lowest BCUT2D eigenvalue weighted by atomic mass is 9.98. The van der Waals surface area contributed by atoms with E-state index in [4.69, 9.17) is 20.1 Å². The molecule has 1 aliphatic heterocycles. The summed E-state index contributed by atoms with van der Waals surface area (Å²) in [4.78, 5) is 0. The Morgan fingerprint density at radius 2 is 1.71 bits per heavy atom. The van der Waals surface area contributed by atoms with E-state index in [9.17, 15) is 20.4 Å². The summed E-state index contributed by atoms with van der Waals surface area (Å²) in [5.41, 5.74) is 0. The standard InChI is InChI=1S/C9H17O8/c10-1-3(12)5(13)7(15)9-8(16)6(14)4(2-11)17-9/h3,5-16H,1-2H2/t3-,5+,6+,7-,8-,9-/m1/s1. The molecule has 0 aromatic heterocycles. The Bertz CT molecular complexity index is 237. The molecular weight excluding hydrogens is 236 g/mol. The molecule has 1 saturated heterocycles. The lowest BCUT2D eigenvalue weighted by Gasteiger charge is -2.27. The zero-order valence-electron chi connectivity index (χ0n) is 8.92. The molecule has 7 N–H and O–H groups in total. The van der Waals surface area contributed by atoms with Gasteiger partial charge in [-0.15, -0.1) is 0 Å². The Hall–Kier alpha value is -0.320. The predicted octanol–water partition coefficient (Wildman–Crippen LogP) is -4.29. The molecule has 1 heterocycles. The van der Waals surface area contributed by atoms with Crippen molar-refractivity contribution in [1.82, 2.24) is 0 Å². The van der Waals surface area contributed by atoms with Gasteiger partial charge in [-0.2, -0.15) is 0 Å². The number of hydrogen-bond acceptors (Lipinski definition) is 8. The van der Waals surface area contributed by atoms with E-state index in [2.05, 4.69) is 0 Å². The molecule has 0 saturated carbocycles. The molecule has 0 aliphatic carbocycles. The van der Waals surface area contributed by atoms with Crippen LogP contribution in [0.25, 0.3) is 0 Å². The van der Waals surface area contributed by atoms with Crippen molar-refractivity contribution >= 4 is 0 Å². The zero-order valence-corrected chi connectivity index (χ0v) is 8.92. The monoisotopic (exact) mass is 253 g/mol. The van der Waals surface area contributed by atoms with Gasteiger partial charge in [-0.05, 0) is 0 Å². The highest BCUT2D eigenvalue weighted by Crippen LogP contribution is 2.29. The molecule has 0 amide bonds. The lowest BCUT2D eigenvalue weighted by molar-refractivity contribution is -0.136. The summed E-state index contributed by atoms with van der Waals surface area (Å²) in [6.07, 6.45) is -9.69. The van der Waals surface area contributed by atoms with Crippen molar-refractivity contribution in [3.05, 3.63) is 6.10 Å². The van der Waals surface area contributed by atoms with Crippen LogP contribution in [0.2, 0.25) is 0 Å². The van der Waals surface area contributed by atoms with E-state index in [-0.39, 0.29) is 6.10 Å². The normalized spacial score (nSPS) is 35.8. The lowest BCUT2D eigenvalue weighted by Crippen LogP contribution is -2.50. The molecular formula is C9H17O8. The number of hydrogen-bond donors (Lipinski definition) is 7. The maximum absolute atomic E-state index is 9.61. The van der Waals surface area contributed by atoms with Crippen LogP contribution >= 0.6 is 0 Å². The highest BCUT2D eigenvalue weighted by Gasteiger charge is 2.48. The first-order valence-corrected chi connectivity index (χ1v) is 5.08. The van der Waals surface area contributed by atoms with Gasteiger partial charge in [0.15, 0.2) is 6.10 Å². The molecule has 0 aromatic rings. The van der Waals surface area contributed by atoms with Crippen molar-refractivity contribution in [2.75, 3.05) is 13.2 Å². The Kier molecular flexibility index (Phi) is 5.22. The molecule has 1 aliphatic rings. The number of aliphatic hydroxyl groups is 7. The van der Waals surface area contributed by atoms with Gasteiger partial charge in [-0.3, -0.25) is 0 Å². The fourth-order valence-electron chi connectivity index (χ4n) is 1.62. The van der Waals surface area contributed by atoms with Crippen LogP contribution < -0.4 is 0 Å². The van der Waals surface area contributed by atoms with Crippen molar-refractivity contribution in [1.29, 1.82) is 0 Å². The van der Waals surface area contributed by atoms with Gasteiger partial charge in [0.2, 0.25) is 0 Å². The van der Waals surface area contributed by atoms with Gasteiger partial charge in [0.1, 0.15) is 36.6 Å². The highest BCUT2D eigenvalue weighted by molar-refractivity contribution is 5.05. The average Bonchev–Trinajstić information content (AvgIpc) is 2.63. The molecule has 0 aromatic carbocycles. The largest absolute Gasteiger partial charge is 0.394 e. The molecule has 6 atom stereocenters. The maximum Gasteiger partial charge on any atom is 0.154 e. The van der Waals surface area contributed by atoms with Crippen LogP contribution in [0.4, 0.5) is 0 Å². The molecule has 8 nitrogen and oxygen atoms in total. The van der Waals surface area contributed by atoms with Gasteiger partial charge in [0.05, 0.1) is 13.2 Å². The predicted molar refractivity (Wildman–Crippen MR) is 52.3 cm³/mol. The topological polar surface area (TPSA) is 151 Å². The molecule has 8 heteroatoms. The van der Waals surface area contributed by atoms with Crippen molar-refractivity contribution in [3.8, 4) is 0 Å². The second kappa shape index (κ2) is 6.03. The first-order valence-electron chi connectivity index (χ1n) is 5.08. The summed E-state index contributed by atoms with van der Waals surface area (Å²) in [5, 5.41) is 64.4. The number of ether oxygens (including phenoxy) is 1. The summed E-state index contributed by atoms with van der Waals surface area (Å²) in [6.45, 7) is -1.42. The van der Waals surface area contributed by atoms with E-state index >= 15 is 0 Å². The molecule has 0 unspecified atom stereocenters. The fraction of sp³-hybridized carbons (Fsp3) is 0.889. The van der Waals surface area contributed by atoms with Gasteiger partial charge in [0, 0.05) is 0 Å². The second-order valence-electron chi connectivity index (χ2n) is 3.87. The smallest absolute Gasteiger partial charge is 0.154 e. The van der Waals surface area contributed by atoms with E-state index < -0.39 is 49.8 Å². The maximum atomic E-state index is 9.61. The third kappa shape index (κ3) is 2.92. The first-order chi connectivity index (χ1) is 7.93. The SMILES string of the molecule is OC[C]1O[C@H]([C@H](O)[C@@H](O)[C@H](O)CO)[C@H](O)[C@H]1O. The van der Waals surface area contributed by atoms with Gasteiger partial charge >= 0.3 is 0 Å². The first kappa shape index (κ1) is 14.7. The summed E-state index contributed by atoms with van der Waals surface area (Å²) in [6, 6.07) is 0. The third-order valence-corrected chi connectivity index (χ3v) is 2.70. The minimum absolute atomic E-state index is 0.229. The second-order valence-corrected chi connectivity index (χ2v) is 3.87. The summed E-state index contributed by atoms with van der Waals surface area (Å²) >= 11 is 0. The van der Waals surface area contributed by atoms with Gasteiger partial charge < -0.3 is 40.5 Å². The third-order valence-electron chi connectivity index (χ3n) is 2.70. The quantitative estimate of drug-likeness (QED) is 0.260. The van der Waals surface area contributed by atoms with Crippen LogP contribution in [-0.4, -0.2) is 85.6 Å². The van der Waals surface area contributed by atoms with Crippen molar-refractivity contribution in [2.45, 2.75) is 36.6 Å². The number of rotatable bonds is 5. The summed E-state index contributed by atoms with van der Waals surface area (Å²) in [5.74, 6) is 0. The number of aliphatic hydroxyl groups excluding tert-OH is 7. The molecule has 17 heavy (non-hydrogen) atoms.